The molecule has 0 N–H and O–H groups in total. The number of hydrogen-bond acceptors (Lipinski definition) is 4. The standard InChI is InChI=1S/C13H17ClN2O2/c1-10-8-11(15-2-4-16(14)5-3-15)13-12(9-10)17-6-7-18-13/h8-9H,2-7H2,1H3. The van der Waals surface area contributed by atoms with Crippen LogP contribution < -0.4 is 14.4 Å². The summed E-state index contributed by atoms with van der Waals surface area (Å²) in [6.07, 6.45) is 0. The Kier molecular flexibility index (Phi) is 3.22. The van der Waals surface area contributed by atoms with Crippen molar-refractivity contribution in [1.82, 2.24) is 4.42 Å². The Morgan fingerprint density at radius 2 is 1.78 bits per heavy atom. The first-order chi connectivity index (χ1) is 8.74. The number of halogens is 1. The zero-order valence-electron chi connectivity index (χ0n) is 10.5. The SMILES string of the molecule is Cc1cc2c(c(N3CCN(Cl)CC3)c1)OCCO2. The molecule has 5 heteroatoms. The highest BCUT2D eigenvalue weighted by molar-refractivity contribution is 6.13. The molecule has 1 fully saturated rings. The van der Waals surface area contributed by atoms with E-state index in [9.17, 15) is 0 Å². The number of aryl methyl sites for hydroxylation is 1. The van der Waals surface area contributed by atoms with Crippen LogP contribution in [0.2, 0.25) is 0 Å². The first kappa shape index (κ1) is 11.9. The average molecular weight is 269 g/mol. The molecule has 0 unspecified atom stereocenters. The fourth-order valence-electron chi connectivity index (χ4n) is 2.43. The Labute approximate surface area is 112 Å². The van der Waals surface area contributed by atoms with Crippen molar-refractivity contribution in [2.24, 2.45) is 0 Å². The van der Waals surface area contributed by atoms with Crippen molar-refractivity contribution in [3.05, 3.63) is 17.7 Å². The van der Waals surface area contributed by atoms with Crippen molar-refractivity contribution in [3.63, 3.8) is 0 Å². The van der Waals surface area contributed by atoms with Crippen LogP contribution in [0.1, 0.15) is 5.56 Å². The number of fused-ring (bicyclic) bond motifs is 1. The van der Waals surface area contributed by atoms with Crippen LogP contribution in [0.15, 0.2) is 12.1 Å². The number of rotatable bonds is 1. The van der Waals surface area contributed by atoms with Crippen LogP contribution in [-0.4, -0.2) is 43.8 Å². The summed E-state index contributed by atoms with van der Waals surface area (Å²) in [7, 11) is 0. The molecule has 0 spiro atoms. The molecule has 1 saturated heterocycles. The third kappa shape index (κ3) is 2.22. The molecule has 0 aliphatic carbocycles. The molecule has 2 aliphatic heterocycles. The topological polar surface area (TPSA) is 24.9 Å². The van der Waals surface area contributed by atoms with Gasteiger partial charge in [0.05, 0.1) is 5.69 Å². The predicted molar refractivity (Wildman–Crippen MR) is 71.8 cm³/mol. The Balaban J connectivity index is 1.93. The molecule has 0 atom stereocenters. The van der Waals surface area contributed by atoms with E-state index in [1.807, 2.05) is 10.5 Å². The highest BCUT2D eigenvalue weighted by Crippen LogP contribution is 2.41. The molecule has 1 aromatic rings. The minimum atomic E-state index is 0.624. The monoisotopic (exact) mass is 268 g/mol. The summed E-state index contributed by atoms with van der Waals surface area (Å²) in [5, 5.41) is 0. The van der Waals surface area contributed by atoms with Gasteiger partial charge in [-0.25, -0.2) is 4.42 Å². The van der Waals surface area contributed by atoms with Gasteiger partial charge in [0.1, 0.15) is 13.2 Å². The number of anilines is 1. The molecule has 98 valence electrons. The number of hydrogen-bond donors (Lipinski definition) is 0. The Morgan fingerprint density at radius 1 is 1.06 bits per heavy atom. The van der Waals surface area contributed by atoms with Crippen LogP contribution in [0.3, 0.4) is 0 Å². The second kappa shape index (κ2) is 4.86. The summed E-state index contributed by atoms with van der Waals surface area (Å²) >= 11 is 5.99. The summed E-state index contributed by atoms with van der Waals surface area (Å²) in [6, 6.07) is 4.20. The zero-order chi connectivity index (χ0) is 12.5. The molecule has 3 rings (SSSR count). The van der Waals surface area contributed by atoms with Crippen LogP contribution in [-0.2, 0) is 0 Å². The fourth-order valence-corrected chi connectivity index (χ4v) is 2.58. The van der Waals surface area contributed by atoms with Crippen molar-refractivity contribution in [3.8, 4) is 11.5 Å². The summed E-state index contributed by atoms with van der Waals surface area (Å²) in [6.45, 7) is 6.91. The van der Waals surface area contributed by atoms with Gasteiger partial charge in [-0.1, -0.05) is 0 Å². The van der Waals surface area contributed by atoms with E-state index in [1.54, 1.807) is 0 Å². The van der Waals surface area contributed by atoms with Crippen molar-refractivity contribution in [2.75, 3.05) is 44.3 Å². The molecule has 2 aliphatic rings. The zero-order valence-corrected chi connectivity index (χ0v) is 11.2. The van der Waals surface area contributed by atoms with Gasteiger partial charge < -0.3 is 14.4 Å². The van der Waals surface area contributed by atoms with E-state index in [1.165, 1.54) is 5.56 Å². The number of nitrogens with zero attached hydrogens (tertiary/aromatic N) is 2. The Hall–Kier alpha value is -1.13. The summed E-state index contributed by atoms with van der Waals surface area (Å²) < 4.78 is 13.3. The van der Waals surface area contributed by atoms with E-state index in [0.29, 0.717) is 13.2 Å². The van der Waals surface area contributed by atoms with E-state index in [2.05, 4.69) is 17.9 Å². The van der Waals surface area contributed by atoms with Crippen LogP contribution in [0, 0.1) is 6.92 Å². The van der Waals surface area contributed by atoms with E-state index < -0.39 is 0 Å². The first-order valence-corrected chi connectivity index (χ1v) is 6.64. The van der Waals surface area contributed by atoms with Crippen LogP contribution in [0.5, 0.6) is 11.5 Å². The van der Waals surface area contributed by atoms with Crippen molar-refractivity contribution in [2.45, 2.75) is 6.92 Å². The van der Waals surface area contributed by atoms with Gasteiger partial charge in [-0.3, -0.25) is 0 Å². The van der Waals surface area contributed by atoms with E-state index in [-0.39, 0.29) is 0 Å². The van der Waals surface area contributed by atoms with Crippen LogP contribution >= 0.6 is 11.8 Å². The predicted octanol–water partition coefficient (Wildman–Crippen LogP) is 2.04. The molecular weight excluding hydrogens is 252 g/mol. The van der Waals surface area contributed by atoms with Crippen molar-refractivity contribution >= 4 is 17.5 Å². The second-order valence-electron chi connectivity index (χ2n) is 4.71. The summed E-state index contributed by atoms with van der Waals surface area (Å²) in [4.78, 5) is 2.32. The molecule has 1 aromatic carbocycles. The maximum Gasteiger partial charge on any atom is 0.184 e. The van der Waals surface area contributed by atoms with Gasteiger partial charge in [0.25, 0.3) is 0 Å². The molecule has 2 heterocycles. The third-order valence-electron chi connectivity index (χ3n) is 3.33. The minimum Gasteiger partial charge on any atom is -0.486 e. The van der Waals surface area contributed by atoms with Gasteiger partial charge in [-0.05, 0) is 36.4 Å². The molecule has 18 heavy (non-hydrogen) atoms. The molecule has 0 saturated carbocycles. The molecule has 0 radical (unpaired) electrons. The van der Waals surface area contributed by atoms with Crippen LogP contribution in [0.4, 0.5) is 5.69 Å². The fraction of sp³-hybridized carbons (Fsp3) is 0.538. The molecule has 0 amide bonds. The second-order valence-corrected chi connectivity index (χ2v) is 5.18. The lowest BCUT2D eigenvalue weighted by atomic mass is 10.1. The lowest BCUT2D eigenvalue weighted by molar-refractivity contribution is 0.171. The Bertz CT molecular complexity index is 445. The van der Waals surface area contributed by atoms with E-state index in [4.69, 9.17) is 21.3 Å². The summed E-state index contributed by atoms with van der Waals surface area (Å²) in [5.74, 6) is 1.75. The minimum absolute atomic E-state index is 0.624. The number of ether oxygens (including phenoxy) is 2. The maximum atomic E-state index is 5.99. The normalized spacial score (nSPS) is 20.0. The van der Waals surface area contributed by atoms with Crippen molar-refractivity contribution in [1.29, 1.82) is 0 Å². The van der Waals surface area contributed by atoms with Gasteiger partial charge in [-0.2, -0.15) is 0 Å². The van der Waals surface area contributed by atoms with Gasteiger partial charge in [-0.15, -0.1) is 0 Å². The molecule has 0 bridgehead atoms. The lowest BCUT2D eigenvalue weighted by Gasteiger charge is -2.34. The van der Waals surface area contributed by atoms with Gasteiger partial charge in [0.2, 0.25) is 0 Å². The van der Waals surface area contributed by atoms with Gasteiger partial charge >= 0.3 is 0 Å². The van der Waals surface area contributed by atoms with Crippen molar-refractivity contribution < 1.29 is 9.47 Å². The smallest absolute Gasteiger partial charge is 0.184 e. The lowest BCUT2D eigenvalue weighted by Crippen LogP contribution is -2.42. The first-order valence-electron chi connectivity index (χ1n) is 6.30. The third-order valence-corrected chi connectivity index (χ3v) is 3.67. The number of piperazine rings is 1. The highest BCUT2D eigenvalue weighted by Gasteiger charge is 2.23. The molecule has 0 aromatic heterocycles. The molecule has 4 nitrogen and oxygen atoms in total. The molecular formula is C13H17ClN2O2. The average Bonchev–Trinajstić information content (AvgIpc) is 2.38. The Morgan fingerprint density at radius 3 is 2.56 bits per heavy atom. The van der Waals surface area contributed by atoms with E-state index in [0.717, 1.165) is 43.4 Å². The highest BCUT2D eigenvalue weighted by atomic mass is 35.5. The van der Waals surface area contributed by atoms with Gasteiger partial charge in [0.15, 0.2) is 11.5 Å². The van der Waals surface area contributed by atoms with Crippen LogP contribution in [0.25, 0.3) is 0 Å². The maximum absolute atomic E-state index is 5.99. The number of benzene rings is 1. The quantitative estimate of drug-likeness (QED) is 0.728. The van der Waals surface area contributed by atoms with Gasteiger partial charge in [0, 0.05) is 26.2 Å². The summed E-state index contributed by atoms with van der Waals surface area (Å²) in [5.41, 5.74) is 2.33. The largest absolute Gasteiger partial charge is 0.486 e. The van der Waals surface area contributed by atoms with E-state index >= 15 is 0 Å².